The average molecular weight is 609 g/mol. The van der Waals surface area contributed by atoms with Gasteiger partial charge >= 0.3 is 23.9 Å². The zero-order valence-electron chi connectivity index (χ0n) is 23.8. The molecule has 45 heavy (non-hydrogen) atoms. The van der Waals surface area contributed by atoms with Crippen LogP contribution in [-0.2, 0) is 23.7 Å². The largest absolute Gasteiger partial charge is 0.459 e. The van der Waals surface area contributed by atoms with Crippen molar-refractivity contribution in [2.75, 3.05) is 6.61 Å². The molecule has 0 aromatic heterocycles. The minimum absolute atomic E-state index is 0.0795. The Morgan fingerprint density at radius 1 is 0.578 bits per heavy atom. The lowest BCUT2D eigenvalue weighted by Gasteiger charge is -2.44. The molecule has 5 rings (SSSR count). The molecule has 4 aromatic carbocycles. The second kappa shape index (κ2) is 13.8. The molecule has 228 valence electrons. The zero-order valence-corrected chi connectivity index (χ0v) is 23.8. The first-order valence-electron chi connectivity index (χ1n) is 14.0. The van der Waals surface area contributed by atoms with Gasteiger partial charge in [0.15, 0.2) is 18.0 Å². The van der Waals surface area contributed by atoms with Crippen molar-refractivity contribution in [1.29, 1.82) is 0 Å². The van der Waals surface area contributed by atoms with Crippen molar-refractivity contribution in [3.8, 4) is 0 Å². The molecule has 0 radical (unpaired) electrons. The molecule has 0 amide bonds. The van der Waals surface area contributed by atoms with Crippen LogP contribution in [0, 0.1) is 0 Å². The molecule has 1 fully saturated rings. The fourth-order valence-corrected chi connectivity index (χ4v) is 4.85. The normalized spacial score (nSPS) is 20.8. The van der Waals surface area contributed by atoms with E-state index in [1.165, 1.54) is 48.5 Å². The average Bonchev–Trinajstić information content (AvgIpc) is 3.08. The van der Waals surface area contributed by atoms with Crippen LogP contribution < -0.4 is 0 Å². The summed E-state index contributed by atoms with van der Waals surface area (Å²) >= 11 is 0. The summed E-state index contributed by atoms with van der Waals surface area (Å²) in [7, 11) is 0. The number of benzene rings is 4. The number of carbonyl (C=O) groups is 5. The summed E-state index contributed by atoms with van der Waals surface area (Å²) in [5.74, 6) is -4.46. The van der Waals surface area contributed by atoms with Crippen LogP contribution in [0.3, 0.4) is 0 Å². The van der Waals surface area contributed by atoms with Crippen molar-refractivity contribution >= 4 is 29.7 Å². The van der Waals surface area contributed by atoms with Gasteiger partial charge in [-0.3, -0.25) is 4.79 Å². The molecule has 1 N–H and O–H groups in total. The van der Waals surface area contributed by atoms with Gasteiger partial charge < -0.3 is 24.1 Å². The van der Waals surface area contributed by atoms with Crippen LogP contribution in [0.1, 0.15) is 47.9 Å². The highest BCUT2D eigenvalue weighted by Crippen LogP contribution is 2.35. The molecule has 0 aliphatic heterocycles. The van der Waals surface area contributed by atoms with E-state index in [0.29, 0.717) is 0 Å². The molecular weight excluding hydrogens is 580 g/mol. The van der Waals surface area contributed by atoms with Gasteiger partial charge in [0.25, 0.3) is 0 Å². The molecule has 0 heterocycles. The van der Waals surface area contributed by atoms with Crippen LogP contribution >= 0.6 is 0 Å². The number of Topliss-reactive ketones (excluding diaryl/α,β-unsaturated/α-hetero) is 1. The quantitative estimate of drug-likeness (QED) is 0.217. The number of hydrogen-bond acceptors (Lipinski definition) is 10. The van der Waals surface area contributed by atoms with Crippen LogP contribution in [0.5, 0.6) is 0 Å². The Labute approximate surface area is 258 Å². The molecule has 0 saturated heterocycles. The van der Waals surface area contributed by atoms with Crippen LogP contribution in [0.4, 0.5) is 0 Å². The van der Waals surface area contributed by atoms with E-state index < -0.39 is 66.6 Å². The van der Waals surface area contributed by atoms with Gasteiger partial charge in [0.2, 0.25) is 6.10 Å². The Hall–Kier alpha value is -5.61. The highest BCUT2D eigenvalue weighted by atomic mass is 16.6. The topological polar surface area (TPSA) is 143 Å². The lowest BCUT2D eigenvalue weighted by molar-refractivity contribution is -0.200. The Morgan fingerprint density at radius 2 is 0.956 bits per heavy atom. The SMILES string of the molecule is O=C(OC[C@@]1(O)CC(=O)[C@H](OC(=O)c2ccccc2)[C@@H](OC(=O)c2ccccc2)[C@@H]1OC(=O)c1ccccc1)c1ccccc1. The molecule has 1 saturated carbocycles. The summed E-state index contributed by atoms with van der Waals surface area (Å²) in [5, 5.41) is 11.9. The van der Waals surface area contributed by atoms with Gasteiger partial charge in [0.05, 0.1) is 22.3 Å². The van der Waals surface area contributed by atoms with Crippen molar-refractivity contribution in [2.24, 2.45) is 0 Å². The van der Waals surface area contributed by atoms with E-state index in [0.717, 1.165) is 0 Å². The van der Waals surface area contributed by atoms with E-state index >= 15 is 0 Å². The fourth-order valence-electron chi connectivity index (χ4n) is 4.85. The van der Waals surface area contributed by atoms with Gasteiger partial charge in [-0.1, -0.05) is 72.8 Å². The summed E-state index contributed by atoms with van der Waals surface area (Å²) in [5.41, 5.74) is -1.94. The third kappa shape index (κ3) is 7.31. The van der Waals surface area contributed by atoms with Crippen molar-refractivity contribution < 1.29 is 48.0 Å². The highest BCUT2D eigenvalue weighted by Gasteiger charge is 2.59. The minimum Gasteiger partial charge on any atom is -0.459 e. The Kier molecular flexibility index (Phi) is 9.45. The molecule has 4 atom stereocenters. The standard InChI is InChI=1S/C35H28O10/c36-27-21-35(41,22-42-31(37)23-13-5-1-6-14-23)30(45-34(40)26-19-11-4-12-20-26)29(44-33(39)25-17-9-3-10-18-25)28(27)43-32(38)24-15-7-2-8-16-24/h1-20,28-30,41H,21-22H2/t28-,29+,30-,35-/m0/s1. The van der Waals surface area contributed by atoms with Gasteiger partial charge in [-0.05, 0) is 48.5 Å². The van der Waals surface area contributed by atoms with Crippen molar-refractivity contribution in [3.63, 3.8) is 0 Å². The van der Waals surface area contributed by atoms with Gasteiger partial charge in [-0.2, -0.15) is 0 Å². The van der Waals surface area contributed by atoms with Crippen molar-refractivity contribution in [2.45, 2.75) is 30.3 Å². The summed E-state index contributed by atoms with van der Waals surface area (Å²) in [6, 6.07) is 31.3. The van der Waals surface area contributed by atoms with Gasteiger partial charge in [-0.15, -0.1) is 0 Å². The number of ketones is 1. The van der Waals surface area contributed by atoms with Gasteiger partial charge in [-0.25, -0.2) is 19.2 Å². The van der Waals surface area contributed by atoms with Gasteiger partial charge in [0.1, 0.15) is 12.2 Å². The second-order valence-electron chi connectivity index (χ2n) is 10.3. The first-order valence-corrected chi connectivity index (χ1v) is 14.0. The minimum atomic E-state index is -2.39. The maximum atomic E-state index is 13.6. The van der Waals surface area contributed by atoms with Gasteiger partial charge in [0, 0.05) is 6.42 Å². The van der Waals surface area contributed by atoms with Crippen LogP contribution in [-0.4, -0.2) is 65.3 Å². The molecule has 0 spiro atoms. The van der Waals surface area contributed by atoms with E-state index in [9.17, 15) is 29.1 Å². The number of aliphatic hydroxyl groups is 1. The molecular formula is C35H28O10. The van der Waals surface area contributed by atoms with Crippen LogP contribution in [0.15, 0.2) is 121 Å². The number of hydrogen-bond donors (Lipinski definition) is 1. The van der Waals surface area contributed by atoms with E-state index in [1.54, 1.807) is 72.8 Å². The first-order chi connectivity index (χ1) is 21.7. The molecule has 10 heteroatoms. The highest BCUT2D eigenvalue weighted by molar-refractivity contribution is 5.95. The molecule has 4 aromatic rings. The third-order valence-corrected chi connectivity index (χ3v) is 7.13. The summed E-state index contributed by atoms with van der Waals surface area (Å²) in [6.07, 6.45) is -6.22. The molecule has 0 unspecified atom stereocenters. The molecule has 10 nitrogen and oxygen atoms in total. The number of rotatable bonds is 9. The van der Waals surface area contributed by atoms with E-state index in [-0.39, 0.29) is 22.3 Å². The predicted molar refractivity (Wildman–Crippen MR) is 158 cm³/mol. The Morgan fingerprint density at radius 3 is 1.40 bits per heavy atom. The Balaban J connectivity index is 1.52. The lowest BCUT2D eigenvalue weighted by Crippen LogP contribution is -2.66. The number of ether oxygens (including phenoxy) is 4. The number of esters is 4. The maximum Gasteiger partial charge on any atom is 0.338 e. The van der Waals surface area contributed by atoms with Crippen LogP contribution in [0.25, 0.3) is 0 Å². The lowest BCUT2D eigenvalue weighted by atomic mass is 9.78. The van der Waals surface area contributed by atoms with Crippen LogP contribution in [0.2, 0.25) is 0 Å². The van der Waals surface area contributed by atoms with E-state index in [4.69, 9.17) is 18.9 Å². The third-order valence-electron chi connectivity index (χ3n) is 7.13. The first kappa shape index (κ1) is 30.8. The molecule has 1 aliphatic rings. The molecule has 0 bridgehead atoms. The monoisotopic (exact) mass is 608 g/mol. The second-order valence-corrected chi connectivity index (χ2v) is 10.3. The summed E-state index contributed by atoms with van der Waals surface area (Å²) in [6.45, 7) is -0.821. The van der Waals surface area contributed by atoms with E-state index in [2.05, 4.69) is 0 Å². The summed E-state index contributed by atoms with van der Waals surface area (Å²) < 4.78 is 22.4. The zero-order chi connectivity index (χ0) is 31.8. The maximum absolute atomic E-state index is 13.6. The Bertz CT molecular complexity index is 1660. The number of carbonyl (C=O) groups excluding carboxylic acids is 5. The van der Waals surface area contributed by atoms with E-state index in [1.807, 2.05) is 0 Å². The predicted octanol–water partition coefficient (Wildman–Crippen LogP) is 4.22. The smallest absolute Gasteiger partial charge is 0.338 e. The summed E-state index contributed by atoms with van der Waals surface area (Å²) in [4.78, 5) is 66.1. The fraction of sp³-hybridized carbons (Fsp3) is 0.171. The molecule has 1 aliphatic carbocycles. The van der Waals surface area contributed by atoms with Crippen molar-refractivity contribution in [3.05, 3.63) is 144 Å². The van der Waals surface area contributed by atoms with Crippen molar-refractivity contribution in [1.82, 2.24) is 0 Å².